The minimum Gasteiger partial charge on any atom is -0.493 e. The number of ketones is 1. The molecule has 0 radical (unpaired) electrons. The smallest absolute Gasteiger partial charge is 0.343 e. The number of nitrogens with zero attached hydrogens (tertiary/aromatic N) is 5. The van der Waals surface area contributed by atoms with Gasteiger partial charge < -0.3 is 14.8 Å². The van der Waals surface area contributed by atoms with Crippen molar-refractivity contribution in [2.24, 2.45) is 25.4 Å². The van der Waals surface area contributed by atoms with Crippen LogP contribution in [0.3, 0.4) is 0 Å². The second-order valence-corrected chi connectivity index (χ2v) is 6.35. The first-order valence-corrected chi connectivity index (χ1v) is 9.57. The average Bonchev–Trinajstić information content (AvgIpc) is 3.22. The Morgan fingerprint density at radius 1 is 1.16 bits per heavy atom. The minimum atomic E-state index is -0.724. The van der Waals surface area contributed by atoms with E-state index in [1.807, 2.05) is 6.92 Å². The van der Waals surface area contributed by atoms with Crippen LogP contribution in [-0.4, -0.2) is 48.3 Å². The molecule has 1 aromatic carbocycles. The zero-order valence-electron chi connectivity index (χ0n) is 17.2. The highest BCUT2D eigenvalue weighted by atomic mass is 16.5. The SMILES string of the molecule is CCCOc1ccc(NC=C(C(C)=O)C(=O)OCC)cc1C1=NC(=O)C2=NN=NC2=N1. The lowest BCUT2D eigenvalue weighted by molar-refractivity contribution is -0.139. The predicted molar refractivity (Wildman–Crippen MR) is 113 cm³/mol. The Morgan fingerprint density at radius 2 is 1.97 bits per heavy atom. The molecule has 0 saturated carbocycles. The fourth-order valence-electron chi connectivity index (χ4n) is 2.61. The van der Waals surface area contributed by atoms with E-state index in [1.165, 1.54) is 13.1 Å². The van der Waals surface area contributed by atoms with E-state index in [9.17, 15) is 14.4 Å². The molecule has 0 unspecified atom stereocenters. The Morgan fingerprint density at radius 3 is 2.68 bits per heavy atom. The molecule has 1 N–H and O–H groups in total. The summed E-state index contributed by atoms with van der Waals surface area (Å²) in [5.74, 6) is -1.14. The summed E-state index contributed by atoms with van der Waals surface area (Å²) in [5.41, 5.74) is 0.781. The van der Waals surface area contributed by atoms with Gasteiger partial charge in [-0.3, -0.25) is 9.59 Å². The summed E-state index contributed by atoms with van der Waals surface area (Å²) in [5, 5.41) is 13.7. The van der Waals surface area contributed by atoms with E-state index in [1.54, 1.807) is 25.1 Å². The van der Waals surface area contributed by atoms with E-state index in [0.29, 0.717) is 23.6 Å². The molecule has 0 aliphatic carbocycles. The molecule has 0 spiro atoms. The molecule has 2 aliphatic heterocycles. The fraction of sp³-hybridized carbons (Fsp3) is 0.300. The zero-order valence-corrected chi connectivity index (χ0v) is 17.2. The Kier molecular flexibility index (Phi) is 6.75. The van der Waals surface area contributed by atoms with Gasteiger partial charge in [-0.2, -0.15) is 4.99 Å². The van der Waals surface area contributed by atoms with Crippen LogP contribution in [0.2, 0.25) is 0 Å². The predicted octanol–water partition coefficient (Wildman–Crippen LogP) is 2.43. The lowest BCUT2D eigenvalue weighted by atomic mass is 10.1. The molecule has 31 heavy (non-hydrogen) atoms. The molecule has 0 aromatic heterocycles. The van der Waals surface area contributed by atoms with Crippen LogP contribution in [0, 0.1) is 0 Å². The number of benzene rings is 1. The molecule has 0 bridgehead atoms. The van der Waals surface area contributed by atoms with Crippen molar-refractivity contribution in [1.29, 1.82) is 0 Å². The number of carbonyl (C=O) groups is 3. The molecular formula is C20H20N6O5. The van der Waals surface area contributed by atoms with Gasteiger partial charge >= 0.3 is 11.9 Å². The summed E-state index contributed by atoms with van der Waals surface area (Å²) in [6.45, 7) is 5.47. The van der Waals surface area contributed by atoms with Gasteiger partial charge in [-0.1, -0.05) is 6.92 Å². The first kappa shape index (κ1) is 21.7. The monoisotopic (exact) mass is 424 g/mol. The van der Waals surface area contributed by atoms with Crippen LogP contribution in [0.4, 0.5) is 5.69 Å². The number of amidine groups is 2. The highest BCUT2D eigenvalue weighted by Gasteiger charge is 2.29. The Bertz CT molecular complexity index is 1080. The highest BCUT2D eigenvalue weighted by Crippen LogP contribution is 2.26. The van der Waals surface area contributed by atoms with Crippen molar-refractivity contribution >= 4 is 40.7 Å². The van der Waals surface area contributed by atoms with Gasteiger partial charge in [0.1, 0.15) is 11.3 Å². The van der Waals surface area contributed by atoms with E-state index in [4.69, 9.17) is 9.47 Å². The first-order valence-electron chi connectivity index (χ1n) is 9.57. The number of fused-ring (bicyclic) bond motifs is 1. The third-order valence-electron chi connectivity index (χ3n) is 4.06. The summed E-state index contributed by atoms with van der Waals surface area (Å²) < 4.78 is 10.7. The van der Waals surface area contributed by atoms with E-state index >= 15 is 0 Å². The number of hydrogen-bond donors (Lipinski definition) is 1. The number of esters is 1. The van der Waals surface area contributed by atoms with Crippen molar-refractivity contribution in [3.05, 3.63) is 35.5 Å². The van der Waals surface area contributed by atoms with Crippen LogP contribution < -0.4 is 10.1 Å². The lowest BCUT2D eigenvalue weighted by Crippen LogP contribution is -2.26. The molecule has 160 valence electrons. The van der Waals surface area contributed by atoms with Crippen molar-refractivity contribution < 1.29 is 23.9 Å². The largest absolute Gasteiger partial charge is 0.493 e. The molecule has 11 heteroatoms. The van der Waals surface area contributed by atoms with Crippen molar-refractivity contribution in [2.75, 3.05) is 18.5 Å². The number of hydrogen-bond acceptors (Lipinski definition) is 10. The van der Waals surface area contributed by atoms with E-state index in [-0.39, 0.29) is 29.6 Å². The zero-order chi connectivity index (χ0) is 22.4. The van der Waals surface area contributed by atoms with Gasteiger partial charge in [0.25, 0.3) is 0 Å². The summed E-state index contributed by atoms with van der Waals surface area (Å²) in [6.07, 6.45) is 2.04. The average molecular weight is 424 g/mol. The van der Waals surface area contributed by atoms with Crippen LogP contribution in [0.5, 0.6) is 5.75 Å². The van der Waals surface area contributed by atoms with Gasteiger partial charge in [0, 0.05) is 11.9 Å². The maximum atomic E-state index is 12.2. The molecular weight excluding hydrogens is 404 g/mol. The standard InChI is InChI=1S/C20H20N6O5/c1-4-8-31-15-7-6-12(21-10-14(11(3)27)20(29)30-5-2)9-13(15)17-22-18-16(19(28)23-17)24-26-25-18/h6-7,9-10,21H,4-5,8H2,1-3H3. The first-order chi connectivity index (χ1) is 14.9. The van der Waals surface area contributed by atoms with Crippen molar-refractivity contribution in [3.63, 3.8) is 0 Å². The summed E-state index contributed by atoms with van der Waals surface area (Å²) in [7, 11) is 0. The molecule has 1 amide bonds. The van der Waals surface area contributed by atoms with Crippen LogP contribution >= 0.6 is 0 Å². The van der Waals surface area contributed by atoms with E-state index in [0.717, 1.165) is 6.42 Å². The number of Topliss-reactive ketones (excluding diaryl/α,β-unsaturated/α-hetero) is 1. The fourth-order valence-corrected chi connectivity index (χ4v) is 2.61. The summed E-state index contributed by atoms with van der Waals surface area (Å²) in [6, 6.07) is 5.00. The number of amides is 1. The third kappa shape index (κ3) is 4.94. The van der Waals surface area contributed by atoms with Gasteiger partial charge in [-0.05, 0) is 43.7 Å². The highest BCUT2D eigenvalue weighted by molar-refractivity contribution is 6.69. The molecule has 2 heterocycles. The number of carbonyl (C=O) groups excluding carboxylic acids is 3. The molecule has 0 saturated heterocycles. The molecule has 0 atom stereocenters. The Hall–Kier alpha value is -4.02. The molecule has 2 aliphatic rings. The van der Waals surface area contributed by atoms with Crippen LogP contribution in [0.25, 0.3) is 0 Å². The van der Waals surface area contributed by atoms with E-state index < -0.39 is 17.7 Å². The van der Waals surface area contributed by atoms with Crippen LogP contribution in [-0.2, 0) is 19.1 Å². The normalized spacial score (nSPS) is 15.0. The maximum absolute atomic E-state index is 12.2. The number of aliphatic imine (C=N–C) groups is 2. The van der Waals surface area contributed by atoms with Gasteiger partial charge in [0.15, 0.2) is 11.6 Å². The van der Waals surface area contributed by atoms with Gasteiger partial charge in [0.05, 0.1) is 18.8 Å². The molecule has 1 aromatic rings. The van der Waals surface area contributed by atoms with Gasteiger partial charge in [0.2, 0.25) is 11.5 Å². The lowest BCUT2D eigenvalue weighted by Gasteiger charge is -2.14. The minimum absolute atomic E-state index is 0.0162. The second-order valence-electron chi connectivity index (χ2n) is 6.35. The van der Waals surface area contributed by atoms with Crippen molar-refractivity contribution in [1.82, 2.24) is 0 Å². The molecule has 0 fully saturated rings. The Balaban J connectivity index is 1.96. The summed E-state index contributed by atoms with van der Waals surface area (Å²) in [4.78, 5) is 44.2. The third-order valence-corrected chi connectivity index (χ3v) is 4.06. The number of rotatable bonds is 9. The maximum Gasteiger partial charge on any atom is 0.343 e. The molecule has 11 nitrogen and oxygen atoms in total. The van der Waals surface area contributed by atoms with Gasteiger partial charge in [-0.15, -0.1) is 10.2 Å². The van der Waals surface area contributed by atoms with Crippen molar-refractivity contribution in [2.45, 2.75) is 27.2 Å². The number of ether oxygens (including phenoxy) is 2. The van der Waals surface area contributed by atoms with Crippen LogP contribution in [0.1, 0.15) is 32.8 Å². The molecule has 3 rings (SSSR count). The summed E-state index contributed by atoms with van der Waals surface area (Å²) >= 11 is 0. The van der Waals surface area contributed by atoms with Crippen LogP contribution in [0.15, 0.2) is 55.4 Å². The quantitative estimate of drug-likeness (QED) is 0.279. The Labute approximate surface area is 177 Å². The van der Waals surface area contributed by atoms with E-state index in [2.05, 4.69) is 30.7 Å². The number of anilines is 1. The second kappa shape index (κ2) is 9.65. The van der Waals surface area contributed by atoms with Crippen molar-refractivity contribution in [3.8, 4) is 5.75 Å². The topological polar surface area (TPSA) is 144 Å². The number of nitrogens with one attached hydrogen (secondary N) is 1. The van der Waals surface area contributed by atoms with Gasteiger partial charge in [-0.25, -0.2) is 9.79 Å².